The Morgan fingerprint density at radius 3 is 2.75 bits per heavy atom. The van der Waals surface area contributed by atoms with Crippen molar-refractivity contribution >= 4 is 29.2 Å². The van der Waals surface area contributed by atoms with E-state index in [0.29, 0.717) is 11.1 Å². The third-order valence-electron chi connectivity index (χ3n) is 4.03. The number of aromatic nitrogens is 2. The molecule has 28 heavy (non-hydrogen) atoms. The maximum absolute atomic E-state index is 13.7. The maximum atomic E-state index is 13.7. The van der Waals surface area contributed by atoms with E-state index in [4.69, 9.17) is 16.3 Å². The minimum Gasteiger partial charge on any atom is -0.461 e. The molecule has 0 saturated heterocycles. The van der Waals surface area contributed by atoms with Gasteiger partial charge in [-0.3, -0.25) is 4.79 Å². The summed E-state index contributed by atoms with van der Waals surface area (Å²) in [4.78, 5) is 29.1. The Labute approximate surface area is 165 Å². The molecule has 2 heterocycles. The Bertz CT molecular complexity index is 1050. The van der Waals surface area contributed by atoms with Crippen LogP contribution in [0.4, 0.5) is 10.1 Å². The molecule has 1 aromatic carbocycles. The van der Waals surface area contributed by atoms with Gasteiger partial charge in [0.05, 0.1) is 17.9 Å². The van der Waals surface area contributed by atoms with Crippen LogP contribution in [0.1, 0.15) is 27.8 Å². The van der Waals surface area contributed by atoms with E-state index in [-0.39, 0.29) is 28.7 Å². The van der Waals surface area contributed by atoms with E-state index < -0.39 is 17.7 Å². The average molecular weight is 402 g/mol. The van der Waals surface area contributed by atoms with Crippen LogP contribution in [0.25, 0.3) is 11.1 Å². The number of hydrogen-bond donors (Lipinski definition) is 1. The van der Waals surface area contributed by atoms with Gasteiger partial charge in [0.2, 0.25) is 0 Å². The number of amides is 1. The lowest BCUT2D eigenvalue weighted by Gasteiger charge is -2.11. The zero-order valence-corrected chi connectivity index (χ0v) is 16.0. The van der Waals surface area contributed by atoms with Gasteiger partial charge in [-0.1, -0.05) is 23.7 Å². The number of rotatable bonds is 5. The first-order valence-corrected chi connectivity index (χ1v) is 8.84. The molecule has 0 spiro atoms. The molecular formula is C20H17ClFN3O3. The number of nitrogens with one attached hydrogen (secondary N) is 1. The number of ether oxygens (including phenoxy) is 1. The first kappa shape index (κ1) is 19.6. The molecule has 2 aromatic heterocycles. The Morgan fingerprint density at radius 2 is 2.07 bits per heavy atom. The zero-order valence-electron chi connectivity index (χ0n) is 15.2. The van der Waals surface area contributed by atoms with Crippen LogP contribution in [-0.4, -0.2) is 28.0 Å². The van der Waals surface area contributed by atoms with Gasteiger partial charge in [0.25, 0.3) is 5.91 Å². The fourth-order valence-electron chi connectivity index (χ4n) is 2.81. The molecule has 0 radical (unpaired) electrons. The molecule has 0 bridgehead atoms. The van der Waals surface area contributed by atoms with Crippen molar-refractivity contribution in [3.63, 3.8) is 0 Å². The second-order valence-electron chi connectivity index (χ2n) is 5.90. The standard InChI is InChI=1S/C20H17ClFN3O3/c1-3-28-20(27)17-16(24-19(26)14-8-5-9-23-18(14)21)15(11-25(17)2)12-6-4-7-13(22)10-12/h4-11H,3H2,1-2H3,(H,24,26). The fourth-order valence-corrected chi connectivity index (χ4v) is 3.02. The largest absolute Gasteiger partial charge is 0.461 e. The Kier molecular flexibility index (Phi) is 5.75. The minimum atomic E-state index is -0.611. The van der Waals surface area contributed by atoms with Crippen LogP contribution in [0.3, 0.4) is 0 Å². The minimum absolute atomic E-state index is 0.0286. The van der Waals surface area contributed by atoms with Gasteiger partial charge in [-0.25, -0.2) is 14.2 Å². The number of carbonyl (C=O) groups is 2. The highest BCUT2D eigenvalue weighted by Crippen LogP contribution is 2.34. The van der Waals surface area contributed by atoms with Crippen LogP contribution < -0.4 is 5.32 Å². The van der Waals surface area contributed by atoms with Crippen molar-refractivity contribution in [1.29, 1.82) is 0 Å². The van der Waals surface area contributed by atoms with Crippen molar-refractivity contribution in [3.05, 3.63) is 71.0 Å². The molecule has 3 rings (SSSR count). The normalized spacial score (nSPS) is 10.6. The smallest absolute Gasteiger partial charge is 0.357 e. The second kappa shape index (κ2) is 8.22. The second-order valence-corrected chi connectivity index (χ2v) is 6.26. The summed E-state index contributed by atoms with van der Waals surface area (Å²) in [6, 6.07) is 8.94. The first-order chi connectivity index (χ1) is 13.4. The molecule has 0 atom stereocenters. The highest BCUT2D eigenvalue weighted by Gasteiger charge is 2.25. The molecule has 0 aliphatic heterocycles. The van der Waals surface area contributed by atoms with E-state index in [1.807, 2.05) is 0 Å². The van der Waals surface area contributed by atoms with Gasteiger partial charge in [-0.05, 0) is 36.8 Å². The molecule has 0 saturated carbocycles. The molecule has 6 nitrogen and oxygen atoms in total. The molecule has 0 aliphatic rings. The van der Waals surface area contributed by atoms with E-state index in [0.717, 1.165) is 0 Å². The van der Waals surface area contributed by atoms with E-state index >= 15 is 0 Å². The lowest BCUT2D eigenvalue weighted by Crippen LogP contribution is -2.18. The van der Waals surface area contributed by atoms with Crippen molar-refractivity contribution in [1.82, 2.24) is 9.55 Å². The summed E-state index contributed by atoms with van der Waals surface area (Å²) in [5, 5.41) is 2.74. The predicted octanol–water partition coefficient (Wildman–Crippen LogP) is 4.31. The van der Waals surface area contributed by atoms with Crippen molar-refractivity contribution in [2.75, 3.05) is 11.9 Å². The van der Waals surface area contributed by atoms with Gasteiger partial charge in [0.15, 0.2) is 5.69 Å². The maximum Gasteiger partial charge on any atom is 0.357 e. The van der Waals surface area contributed by atoms with E-state index in [2.05, 4.69) is 10.3 Å². The predicted molar refractivity (Wildman–Crippen MR) is 104 cm³/mol. The van der Waals surface area contributed by atoms with Crippen LogP contribution in [-0.2, 0) is 11.8 Å². The number of hydrogen-bond acceptors (Lipinski definition) is 4. The van der Waals surface area contributed by atoms with E-state index in [9.17, 15) is 14.0 Å². The molecular weight excluding hydrogens is 385 g/mol. The van der Waals surface area contributed by atoms with Gasteiger partial charge in [0.1, 0.15) is 11.0 Å². The lowest BCUT2D eigenvalue weighted by molar-refractivity contribution is 0.0516. The van der Waals surface area contributed by atoms with Crippen molar-refractivity contribution in [2.24, 2.45) is 7.05 Å². The SMILES string of the molecule is CCOC(=O)c1c(NC(=O)c2cccnc2Cl)c(-c2cccc(F)c2)cn1C. The van der Waals surface area contributed by atoms with Gasteiger partial charge < -0.3 is 14.6 Å². The number of carbonyl (C=O) groups excluding carboxylic acids is 2. The molecule has 0 aliphatic carbocycles. The number of halogens is 2. The summed E-state index contributed by atoms with van der Waals surface area (Å²) < 4.78 is 20.4. The number of benzene rings is 1. The summed E-state index contributed by atoms with van der Waals surface area (Å²) >= 11 is 6.00. The zero-order chi connectivity index (χ0) is 20.3. The summed E-state index contributed by atoms with van der Waals surface area (Å²) in [6.07, 6.45) is 3.09. The Hall–Kier alpha value is -3.19. The average Bonchev–Trinajstić information content (AvgIpc) is 2.98. The number of nitrogens with zero attached hydrogens (tertiary/aromatic N) is 2. The van der Waals surface area contributed by atoms with Crippen LogP contribution in [0.5, 0.6) is 0 Å². The number of esters is 1. The highest BCUT2D eigenvalue weighted by atomic mass is 35.5. The van der Waals surface area contributed by atoms with Gasteiger partial charge in [-0.15, -0.1) is 0 Å². The van der Waals surface area contributed by atoms with Crippen molar-refractivity contribution < 1.29 is 18.7 Å². The van der Waals surface area contributed by atoms with Gasteiger partial charge in [0, 0.05) is 25.0 Å². The summed E-state index contributed by atoms with van der Waals surface area (Å²) in [6.45, 7) is 1.85. The number of anilines is 1. The molecule has 144 valence electrons. The topological polar surface area (TPSA) is 73.2 Å². The van der Waals surface area contributed by atoms with Gasteiger partial charge >= 0.3 is 5.97 Å². The third kappa shape index (κ3) is 3.89. The first-order valence-electron chi connectivity index (χ1n) is 8.46. The van der Waals surface area contributed by atoms with E-state index in [1.165, 1.54) is 29.0 Å². The third-order valence-corrected chi connectivity index (χ3v) is 4.33. The fraction of sp³-hybridized carbons (Fsp3) is 0.150. The van der Waals surface area contributed by atoms with Crippen molar-refractivity contribution in [2.45, 2.75) is 6.92 Å². The number of aryl methyl sites for hydroxylation is 1. The summed E-state index contributed by atoms with van der Waals surface area (Å²) in [5.41, 5.74) is 1.45. The Morgan fingerprint density at radius 1 is 1.29 bits per heavy atom. The number of pyridine rings is 1. The molecule has 3 aromatic rings. The van der Waals surface area contributed by atoms with Crippen LogP contribution >= 0.6 is 11.6 Å². The van der Waals surface area contributed by atoms with Crippen LogP contribution in [0.2, 0.25) is 5.15 Å². The van der Waals surface area contributed by atoms with Crippen molar-refractivity contribution in [3.8, 4) is 11.1 Å². The summed E-state index contributed by atoms with van der Waals surface area (Å²) in [7, 11) is 1.64. The van der Waals surface area contributed by atoms with Gasteiger partial charge in [-0.2, -0.15) is 0 Å². The highest BCUT2D eigenvalue weighted by molar-refractivity contribution is 6.33. The summed E-state index contributed by atoms with van der Waals surface area (Å²) in [5.74, 6) is -1.60. The van der Waals surface area contributed by atoms with Crippen LogP contribution in [0.15, 0.2) is 48.8 Å². The molecule has 1 amide bonds. The molecule has 8 heteroatoms. The van der Waals surface area contributed by atoms with Crippen LogP contribution in [0, 0.1) is 5.82 Å². The Balaban J connectivity index is 2.12. The monoisotopic (exact) mass is 401 g/mol. The lowest BCUT2D eigenvalue weighted by atomic mass is 10.1. The molecule has 1 N–H and O–H groups in total. The van der Waals surface area contributed by atoms with E-state index in [1.54, 1.807) is 38.4 Å². The quantitative estimate of drug-likeness (QED) is 0.510. The molecule has 0 unspecified atom stereocenters. The molecule has 0 fully saturated rings.